The van der Waals surface area contributed by atoms with Gasteiger partial charge in [-0.05, 0) is 59.7 Å². The second-order valence-corrected chi connectivity index (χ2v) is 6.25. The van der Waals surface area contributed by atoms with Crippen LogP contribution >= 0.6 is 22.6 Å². The molecule has 18 heavy (non-hydrogen) atoms. The van der Waals surface area contributed by atoms with Crippen LogP contribution in [-0.2, 0) is 4.79 Å². The number of carbonyl (C=O) groups excluding carboxylic acids is 1. The average molecular weight is 358 g/mol. The molecule has 1 aliphatic carbocycles. The van der Waals surface area contributed by atoms with Crippen molar-refractivity contribution >= 4 is 34.2 Å². The Kier molecular flexibility index (Phi) is 4.61. The summed E-state index contributed by atoms with van der Waals surface area (Å²) in [5.41, 5.74) is 6.37. The van der Waals surface area contributed by atoms with Gasteiger partial charge in [0.1, 0.15) is 0 Å². The van der Waals surface area contributed by atoms with E-state index in [-0.39, 0.29) is 11.3 Å². The first-order valence-corrected chi connectivity index (χ1v) is 7.51. The fraction of sp³-hybridized carbons (Fsp3) is 0.500. The molecule has 1 aromatic carbocycles. The fourth-order valence-electron chi connectivity index (χ4n) is 2.55. The van der Waals surface area contributed by atoms with Crippen LogP contribution in [0.4, 0.5) is 5.69 Å². The largest absolute Gasteiger partial charge is 0.329 e. The van der Waals surface area contributed by atoms with Crippen LogP contribution in [0.5, 0.6) is 0 Å². The van der Waals surface area contributed by atoms with Crippen LogP contribution in [0, 0.1) is 8.99 Å². The summed E-state index contributed by atoms with van der Waals surface area (Å²) in [4.78, 5) is 12.4. The van der Waals surface area contributed by atoms with Gasteiger partial charge in [0.2, 0.25) is 5.91 Å². The van der Waals surface area contributed by atoms with Gasteiger partial charge >= 0.3 is 0 Å². The highest BCUT2D eigenvalue weighted by atomic mass is 127. The van der Waals surface area contributed by atoms with Gasteiger partial charge in [-0.15, -0.1) is 0 Å². The highest BCUT2D eigenvalue weighted by Crippen LogP contribution is 2.36. The van der Waals surface area contributed by atoms with Crippen molar-refractivity contribution in [3.05, 3.63) is 27.8 Å². The van der Waals surface area contributed by atoms with Crippen molar-refractivity contribution in [3.8, 4) is 0 Å². The summed E-state index contributed by atoms with van der Waals surface area (Å²) in [6.07, 6.45) is 5.27. The minimum atomic E-state index is -0.346. The van der Waals surface area contributed by atoms with Gasteiger partial charge in [0, 0.05) is 15.8 Å². The lowest BCUT2D eigenvalue weighted by Crippen LogP contribution is -2.43. The van der Waals surface area contributed by atoms with Gasteiger partial charge in [0.15, 0.2) is 0 Å². The molecule has 3 N–H and O–H groups in total. The molecule has 3 nitrogen and oxygen atoms in total. The second-order valence-electron chi connectivity index (χ2n) is 5.01. The highest BCUT2D eigenvalue weighted by molar-refractivity contribution is 14.1. The monoisotopic (exact) mass is 358 g/mol. The lowest BCUT2D eigenvalue weighted by atomic mass is 9.73. The highest BCUT2D eigenvalue weighted by Gasteiger charge is 2.38. The SMILES string of the molecule is NCC1(C(=O)Nc2ccc(I)cc2)CCCCC1. The smallest absolute Gasteiger partial charge is 0.231 e. The summed E-state index contributed by atoms with van der Waals surface area (Å²) in [6, 6.07) is 7.86. The number of rotatable bonds is 3. The van der Waals surface area contributed by atoms with Crippen LogP contribution in [0.25, 0.3) is 0 Å². The number of nitrogens with one attached hydrogen (secondary N) is 1. The summed E-state index contributed by atoms with van der Waals surface area (Å²) in [5, 5.41) is 3.01. The average Bonchev–Trinajstić information content (AvgIpc) is 2.42. The third kappa shape index (κ3) is 3.03. The van der Waals surface area contributed by atoms with Gasteiger partial charge in [-0.2, -0.15) is 0 Å². The first-order valence-electron chi connectivity index (χ1n) is 6.43. The van der Waals surface area contributed by atoms with Crippen molar-refractivity contribution in [2.75, 3.05) is 11.9 Å². The van der Waals surface area contributed by atoms with Crippen molar-refractivity contribution in [2.45, 2.75) is 32.1 Å². The molecule has 0 heterocycles. The third-order valence-corrected chi connectivity index (χ3v) is 4.50. The van der Waals surface area contributed by atoms with E-state index in [1.165, 1.54) is 6.42 Å². The standard InChI is InChI=1S/C14H19IN2O/c15-11-4-6-12(7-5-11)17-13(18)14(10-16)8-2-1-3-9-14/h4-7H,1-3,8-10,16H2,(H,17,18). The molecule has 1 saturated carbocycles. The number of hydrogen-bond donors (Lipinski definition) is 2. The van der Waals surface area contributed by atoms with Gasteiger partial charge in [-0.25, -0.2) is 0 Å². The molecule has 2 rings (SSSR count). The normalized spacial score (nSPS) is 18.3. The predicted molar refractivity (Wildman–Crippen MR) is 82.4 cm³/mol. The second kappa shape index (κ2) is 6.02. The molecule has 0 radical (unpaired) electrons. The lowest BCUT2D eigenvalue weighted by molar-refractivity contribution is -0.126. The number of nitrogens with two attached hydrogens (primary N) is 1. The summed E-state index contributed by atoms with van der Waals surface area (Å²) in [7, 11) is 0. The van der Waals surface area contributed by atoms with E-state index in [1.54, 1.807) is 0 Å². The van der Waals surface area contributed by atoms with E-state index in [0.29, 0.717) is 6.54 Å². The van der Waals surface area contributed by atoms with E-state index >= 15 is 0 Å². The zero-order valence-corrected chi connectivity index (χ0v) is 12.6. The molecular formula is C14H19IN2O. The van der Waals surface area contributed by atoms with Crippen LogP contribution in [-0.4, -0.2) is 12.5 Å². The zero-order valence-electron chi connectivity index (χ0n) is 10.4. The number of carbonyl (C=O) groups is 1. The number of anilines is 1. The maximum atomic E-state index is 12.4. The van der Waals surface area contributed by atoms with Crippen molar-refractivity contribution in [1.29, 1.82) is 0 Å². The van der Waals surface area contributed by atoms with Crippen molar-refractivity contribution in [3.63, 3.8) is 0 Å². The van der Waals surface area contributed by atoms with Crippen molar-refractivity contribution < 1.29 is 4.79 Å². The van der Waals surface area contributed by atoms with Crippen molar-refractivity contribution in [1.82, 2.24) is 0 Å². The number of amides is 1. The Hall–Kier alpha value is -0.620. The molecule has 4 heteroatoms. The Balaban J connectivity index is 2.07. The van der Waals surface area contributed by atoms with Crippen LogP contribution in [0.2, 0.25) is 0 Å². The molecule has 1 amide bonds. The first kappa shape index (κ1) is 13.8. The maximum absolute atomic E-state index is 12.4. The minimum absolute atomic E-state index is 0.0888. The molecule has 0 aliphatic heterocycles. The third-order valence-electron chi connectivity index (χ3n) is 3.79. The molecule has 0 bridgehead atoms. The Morgan fingerprint density at radius 3 is 2.39 bits per heavy atom. The van der Waals surface area contributed by atoms with Crippen LogP contribution in [0.1, 0.15) is 32.1 Å². The minimum Gasteiger partial charge on any atom is -0.329 e. The Bertz CT molecular complexity index is 410. The summed E-state index contributed by atoms with van der Waals surface area (Å²) in [5.74, 6) is 0.0888. The van der Waals surface area contributed by atoms with Gasteiger partial charge in [0.05, 0.1) is 5.41 Å². The van der Waals surface area contributed by atoms with Crippen LogP contribution in [0.15, 0.2) is 24.3 Å². The molecule has 0 aromatic heterocycles. The van der Waals surface area contributed by atoms with E-state index in [2.05, 4.69) is 27.9 Å². The Morgan fingerprint density at radius 1 is 1.22 bits per heavy atom. The molecule has 0 saturated heterocycles. The molecular weight excluding hydrogens is 339 g/mol. The predicted octanol–water partition coefficient (Wildman–Crippen LogP) is 3.14. The quantitative estimate of drug-likeness (QED) is 0.816. The maximum Gasteiger partial charge on any atom is 0.231 e. The Labute approximate surface area is 122 Å². The molecule has 0 atom stereocenters. The number of hydrogen-bond acceptors (Lipinski definition) is 2. The van der Waals surface area contributed by atoms with Gasteiger partial charge < -0.3 is 11.1 Å². The summed E-state index contributed by atoms with van der Waals surface area (Å²) < 4.78 is 1.16. The molecule has 1 aliphatic rings. The van der Waals surface area contributed by atoms with Gasteiger partial charge in [-0.1, -0.05) is 19.3 Å². The molecule has 0 spiro atoms. The van der Waals surface area contributed by atoms with E-state index in [0.717, 1.165) is 34.9 Å². The summed E-state index contributed by atoms with van der Waals surface area (Å²) in [6.45, 7) is 0.448. The summed E-state index contributed by atoms with van der Waals surface area (Å²) >= 11 is 2.25. The van der Waals surface area contributed by atoms with Crippen LogP contribution < -0.4 is 11.1 Å². The topological polar surface area (TPSA) is 55.1 Å². The van der Waals surface area contributed by atoms with Gasteiger partial charge in [-0.3, -0.25) is 4.79 Å². The van der Waals surface area contributed by atoms with Crippen molar-refractivity contribution in [2.24, 2.45) is 11.1 Å². The molecule has 1 aromatic rings. The van der Waals surface area contributed by atoms with E-state index in [9.17, 15) is 4.79 Å². The van der Waals surface area contributed by atoms with E-state index in [4.69, 9.17) is 5.73 Å². The van der Waals surface area contributed by atoms with E-state index < -0.39 is 0 Å². The Morgan fingerprint density at radius 2 is 1.83 bits per heavy atom. The first-order chi connectivity index (χ1) is 8.66. The number of benzene rings is 1. The fourth-order valence-corrected chi connectivity index (χ4v) is 2.91. The van der Waals surface area contributed by atoms with E-state index in [1.807, 2.05) is 24.3 Å². The zero-order chi connectivity index (χ0) is 13.0. The molecule has 0 unspecified atom stereocenters. The van der Waals surface area contributed by atoms with Crippen LogP contribution in [0.3, 0.4) is 0 Å². The number of halogens is 1. The molecule has 98 valence electrons. The molecule has 1 fully saturated rings. The lowest BCUT2D eigenvalue weighted by Gasteiger charge is -2.34. The van der Waals surface area contributed by atoms with Gasteiger partial charge in [0.25, 0.3) is 0 Å².